The molecule has 4 heterocycles. The number of nitrogens with zero attached hydrogens (tertiary/aromatic N) is 2. The van der Waals surface area contributed by atoms with Gasteiger partial charge in [0.2, 0.25) is 5.95 Å². The molecule has 7 heteroatoms. The summed E-state index contributed by atoms with van der Waals surface area (Å²) in [7, 11) is 0. The maximum atomic E-state index is 14.2. The highest BCUT2D eigenvalue weighted by Crippen LogP contribution is 2.52. The number of aliphatic imine (C=N–C) groups is 1. The number of fused-ring (bicyclic) bond motifs is 4. The molecule has 2 N–H and O–H groups in total. The molecule has 3 aliphatic rings. The predicted octanol–water partition coefficient (Wildman–Crippen LogP) is 2.61. The first kappa shape index (κ1) is 16.5. The Morgan fingerprint density at radius 2 is 2.19 bits per heavy atom. The van der Waals surface area contributed by atoms with Gasteiger partial charge in [0.1, 0.15) is 24.0 Å². The minimum Gasteiger partial charge on any atom is -0.489 e. The zero-order valence-electron chi connectivity index (χ0n) is 14.9. The standard InChI is InChI=1S/C20H20FN3O3/c1-11-17-16(6-8-25-11)27-15-5-4-12(13-3-2-7-23-18(13)21)9-14(15)20(17)10-26-19(22)24-20/h2-5,7,9,11,16-17H,6,8,10H2,1H3,(H2,22,24)/t11-,16-,17-,20+/m1/s1. The van der Waals surface area contributed by atoms with Gasteiger partial charge in [-0.25, -0.2) is 9.98 Å². The molecule has 0 radical (unpaired) electrons. The van der Waals surface area contributed by atoms with E-state index < -0.39 is 11.5 Å². The lowest BCUT2D eigenvalue weighted by molar-refractivity contribution is -0.116. The molecule has 1 aromatic heterocycles. The number of pyridine rings is 1. The summed E-state index contributed by atoms with van der Waals surface area (Å²) >= 11 is 0. The molecule has 27 heavy (non-hydrogen) atoms. The van der Waals surface area contributed by atoms with Gasteiger partial charge in [0.15, 0.2) is 0 Å². The summed E-state index contributed by atoms with van der Waals surface area (Å²) in [5.74, 6) is 0.190. The van der Waals surface area contributed by atoms with Gasteiger partial charge in [-0.15, -0.1) is 0 Å². The van der Waals surface area contributed by atoms with E-state index in [0.717, 1.165) is 17.7 Å². The molecule has 5 rings (SSSR count). The van der Waals surface area contributed by atoms with Gasteiger partial charge < -0.3 is 19.9 Å². The molecule has 6 nitrogen and oxygen atoms in total. The Kier molecular flexibility index (Phi) is 3.62. The fourth-order valence-corrected chi connectivity index (χ4v) is 4.62. The second-order valence-corrected chi connectivity index (χ2v) is 7.26. The van der Waals surface area contributed by atoms with Crippen molar-refractivity contribution in [1.82, 2.24) is 4.98 Å². The van der Waals surface area contributed by atoms with Crippen molar-refractivity contribution in [2.24, 2.45) is 16.6 Å². The molecular weight excluding hydrogens is 349 g/mol. The summed E-state index contributed by atoms with van der Waals surface area (Å²) in [6.07, 6.45) is 2.13. The van der Waals surface area contributed by atoms with E-state index >= 15 is 0 Å². The maximum absolute atomic E-state index is 14.2. The summed E-state index contributed by atoms with van der Waals surface area (Å²) in [6, 6.07) is 9.22. The minimum absolute atomic E-state index is 0.0273. The Morgan fingerprint density at radius 1 is 1.30 bits per heavy atom. The summed E-state index contributed by atoms with van der Waals surface area (Å²) in [5.41, 5.74) is 7.21. The zero-order chi connectivity index (χ0) is 18.6. The molecule has 4 atom stereocenters. The van der Waals surface area contributed by atoms with E-state index in [1.54, 1.807) is 12.1 Å². The summed E-state index contributed by atoms with van der Waals surface area (Å²) in [5, 5.41) is 0. The van der Waals surface area contributed by atoms with Gasteiger partial charge >= 0.3 is 0 Å². The first-order valence-electron chi connectivity index (χ1n) is 9.10. The highest BCUT2D eigenvalue weighted by Gasteiger charge is 2.57. The smallest absolute Gasteiger partial charge is 0.283 e. The fourth-order valence-electron chi connectivity index (χ4n) is 4.62. The van der Waals surface area contributed by atoms with E-state index in [1.165, 1.54) is 6.20 Å². The monoisotopic (exact) mass is 369 g/mol. The second kappa shape index (κ2) is 5.92. The average Bonchev–Trinajstić information content (AvgIpc) is 3.04. The molecule has 0 saturated carbocycles. The Balaban J connectivity index is 1.70. The highest BCUT2D eigenvalue weighted by atomic mass is 19.1. The van der Waals surface area contributed by atoms with Gasteiger partial charge in [-0.05, 0) is 36.8 Å². The van der Waals surface area contributed by atoms with Gasteiger partial charge in [0.25, 0.3) is 6.02 Å². The quantitative estimate of drug-likeness (QED) is 0.782. The molecule has 0 amide bonds. The average molecular weight is 369 g/mol. The van der Waals surface area contributed by atoms with Crippen LogP contribution in [0.25, 0.3) is 11.1 Å². The van der Waals surface area contributed by atoms with Gasteiger partial charge in [-0.3, -0.25) is 0 Å². The summed E-state index contributed by atoms with van der Waals surface area (Å²) < 4.78 is 32.0. The number of aromatic nitrogens is 1. The van der Waals surface area contributed by atoms with E-state index in [0.29, 0.717) is 24.3 Å². The third kappa shape index (κ3) is 2.41. The Labute approximate surface area is 156 Å². The van der Waals surface area contributed by atoms with E-state index in [2.05, 4.69) is 4.98 Å². The van der Waals surface area contributed by atoms with Crippen LogP contribution in [0.1, 0.15) is 18.9 Å². The van der Waals surface area contributed by atoms with Gasteiger partial charge in [0, 0.05) is 23.7 Å². The van der Waals surface area contributed by atoms with Crippen molar-refractivity contribution in [3.05, 3.63) is 48.0 Å². The van der Waals surface area contributed by atoms with Crippen molar-refractivity contribution in [3.8, 4) is 16.9 Å². The first-order chi connectivity index (χ1) is 13.1. The van der Waals surface area contributed by atoms with Crippen LogP contribution in [0.5, 0.6) is 5.75 Å². The molecule has 3 aliphatic heterocycles. The molecule has 1 saturated heterocycles. The number of hydrogen-bond acceptors (Lipinski definition) is 6. The Morgan fingerprint density at radius 3 is 2.96 bits per heavy atom. The molecule has 2 aromatic rings. The van der Waals surface area contributed by atoms with Crippen LogP contribution in [0, 0.1) is 11.9 Å². The second-order valence-electron chi connectivity index (χ2n) is 7.26. The first-order valence-corrected chi connectivity index (χ1v) is 9.10. The fraction of sp³-hybridized carbons (Fsp3) is 0.400. The van der Waals surface area contributed by atoms with Gasteiger partial charge in [0.05, 0.1) is 18.6 Å². The number of ether oxygens (including phenoxy) is 3. The van der Waals surface area contributed by atoms with Gasteiger partial charge in [-0.2, -0.15) is 4.39 Å². The normalized spacial score (nSPS) is 31.5. The van der Waals surface area contributed by atoms with Crippen LogP contribution < -0.4 is 10.5 Å². The predicted molar refractivity (Wildman–Crippen MR) is 96.8 cm³/mol. The molecular formula is C20H20FN3O3. The largest absolute Gasteiger partial charge is 0.489 e. The highest BCUT2D eigenvalue weighted by molar-refractivity contribution is 5.75. The van der Waals surface area contributed by atoms with Crippen LogP contribution in [-0.4, -0.2) is 36.4 Å². The van der Waals surface area contributed by atoms with Crippen molar-refractivity contribution in [3.63, 3.8) is 0 Å². The van der Waals surface area contributed by atoms with Crippen molar-refractivity contribution >= 4 is 6.02 Å². The van der Waals surface area contributed by atoms with Crippen LogP contribution in [0.15, 0.2) is 41.5 Å². The summed E-state index contributed by atoms with van der Waals surface area (Å²) in [4.78, 5) is 8.47. The molecule has 1 spiro atoms. The third-order valence-corrected chi connectivity index (χ3v) is 5.79. The van der Waals surface area contributed by atoms with Crippen molar-refractivity contribution < 1.29 is 18.6 Å². The molecule has 140 valence electrons. The molecule has 0 bridgehead atoms. The lowest BCUT2D eigenvalue weighted by Gasteiger charge is -2.48. The topological polar surface area (TPSA) is 79.0 Å². The van der Waals surface area contributed by atoms with Crippen LogP contribution in [-0.2, 0) is 15.0 Å². The summed E-state index contributed by atoms with van der Waals surface area (Å²) in [6.45, 7) is 3.00. The number of nitrogens with two attached hydrogens (primary N) is 1. The van der Waals surface area contributed by atoms with Crippen LogP contribution in [0.3, 0.4) is 0 Å². The number of halogens is 1. The SMILES string of the molecule is C[C@H]1OCC[C@H]2Oc3ccc(-c4cccnc4F)cc3[C@@]3(COC(N)=N3)[C@H]12. The molecule has 0 unspecified atom stereocenters. The molecule has 0 aliphatic carbocycles. The van der Waals surface area contributed by atoms with E-state index in [4.69, 9.17) is 24.9 Å². The van der Waals surface area contributed by atoms with E-state index in [-0.39, 0.29) is 24.1 Å². The third-order valence-electron chi connectivity index (χ3n) is 5.79. The van der Waals surface area contributed by atoms with E-state index in [9.17, 15) is 4.39 Å². The molecule has 1 fully saturated rings. The van der Waals surface area contributed by atoms with Crippen molar-refractivity contribution in [2.75, 3.05) is 13.2 Å². The Bertz CT molecular complexity index is 934. The van der Waals surface area contributed by atoms with Crippen LogP contribution >= 0.6 is 0 Å². The lowest BCUT2D eigenvalue weighted by Crippen LogP contribution is -2.56. The van der Waals surface area contributed by atoms with Crippen molar-refractivity contribution in [2.45, 2.75) is 31.1 Å². The van der Waals surface area contributed by atoms with E-state index in [1.807, 2.05) is 25.1 Å². The van der Waals surface area contributed by atoms with Gasteiger partial charge in [-0.1, -0.05) is 6.07 Å². The zero-order valence-corrected chi connectivity index (χ0v) is 14.9. The molecule has 1 aromatic carbocycles. The maximum Gasteiger partial charge on any atom is 0.283 e. The van der Waals surface area contributed by atoms with Crippen LogP contribution in [0.4, 0.5) is 4.39 Å². The lowest BCUT2D eigenvalue weighted by atomic mass is 9.69. The number of amidine groups is 1. The number of benzene rings is 1. The van der Waals surface area contributed by atoms with Crippen molar-refractivity contribution in [1.29, 1.82) is 0 Å². The number of rotatable bonds is 1. The Hall–Kier alpha value is -2.67. The number of hydrogen-bond donors (Lipinski definition) is 1. The van der Waals surface area contributed by atoms with Crippen LogP contribution in [0.2, 0.25) is 0 Å². The minimum atomic E-state index is -0.698.